The number of allylic oxidation sites excluding steroid dienone is 8. The van der Waals surface area contributed by atoms with Crippen molar-refractivity contribution in [3.63, 3.8) is 0 Å². The molecule has 0 saturated heterocycles. The number of ether oxygens (including phenoxy) is 1. The van der Waals surface area contributed by atoms with Crippen LogP contribution in [0.2, 0.25) is 0 Å². The normalized spacial score (nSPS) is 12.8. The van der Waals surface area contributed by atoms with Gasteiger partial charge >= 0.3 is 5.97 Å². The molecule has 2 unspecified atom stereocenters. The molecule has 0 bridgehead atoms. The molecule has 6 heteroatoms. The van der Waals surface area contributed by atoms with Crippen LogP contribution in [0.25, 0.3) is 0 Å². The molecule has 452 valence electrons. The van der Waals surface area contributed by atoms with Gasteiger partial charge in [0.25, 0.3) is 0 Å². The van der Waals surface area contributed by atoms with Crippen LogP contribution in [0.4, 0.5) is 0 Å². The third kappa shape index (κ3) is 62.9. The molecule has 0 aromatic carbocycles. The summed E-state index contributed by atoms with van der Waals surface area (Å²) in [5, 5.41) is 23.4. The van der Waals surface area contributed by atoms with E-state index in [0.29, 0.717) is 25.9 Å². The quantitative estimate of drug-likeness (QED) is 0.0320. The number of hydrogen-bond acceptors (Lipinski definition) is 5. The first-order valence-corrected chi connectivity index (χ1v) is 34.4. The van der Waals surface area contributed by atoms with Crippen molar-refractivity contribution in [3.05, 3.63) is 48.6 Å². The van der Waals surface area contributed by atoms with E-state index in [4.69, 9.17) is 4.74 Å². The molecule has 0 aromatic heterocycles. The number of unbranched alkanes of at least 4 members (excludes halogenated alkanes) is 45. The second kappa shape index (κ2) is 66.3. The molecule has 0 aliphatic carbocycles. The van der Waals surface area contributed by atoms with Crippen LogP contribution in [0.1, 0.15) is 367 Å². The zero-order valence-electron chi connectivity index (χ0n) is 51.7. The maximum Gasteiger partial charge on any atom is 0.305 e. The molecule has 0 rings (SSSR count). The minimum Gasteiger partial charge on any atom is -0.466 e. The summed E-state index contributed by atoms with van der Waals surface area (Å²) in [6.07, 6.45) is 85.7. The molecule has 0 aromatic rings. The van der Waals surface area contributed by atoms with E-state index in [9.17, 15) is 19.8 Å². The van der Waals surface area contributed by atoms with Gasteiger partial charge in [-0.2, -0.15) is 0 Å². The second-order valence-electron chi connectivity index (χ2n) is 23.5. The minimum absolute atomic E-state index is 0.00617. The molecular formula is C71H133NO5. The average Bonchev–Trinajstić information content (AvgIpc) is 3.43. The van der Waals surface area contributed by atoms with E-state index in [2.05, 4.69) is 67.8 Å². The molecule has 0 aliphatic rings. The van der Waals surface area contributed by atoms with Crippen LogP contribution < -0.4 is 5.32 Å². The molecule has 3 N–H and O–H groups in total. The molecule has 0 radical (unpaired) electrons. The maximum atomic E-state index is 12.5. The van der Waals surface area contributed by atoms with Crippen LogP contribution >= 0.6 is 0 Å². The number of hydrogen-bond donors (Lipinski definition) is 3. The summed E-state index contributed by atoms with van der Waals surface area (Å²) in [5.74, 6) is -0.0488. The Morgan fingerprint density at radius 1 is 0.364 bits per heavy atom. The van der Waals surface area contributed by atoms with Gasteiger partial charge in [-0.3, -0.25) is 9.59 Å². The third-order valence-electron chi connectivity index (χ3n) is 15.9. The van der Waals surface area contributed by atoms with Crippen molar-refractivity contribution in [2.75, 3.05) is 13.2 Å². The first-order valence-electron chi connectivity index (χ1n) is 34.4. The smallest absolute Gasteiger partial charge is 0.305 e. The Labute approximate surface area is 480 Å². The lowest BCUT2D eigenvalue weighted by Crippen LogP contribution is -2.45. The zero-order chi connectivity index (χ0) is 55.7. The Bertz CT molecular complexity index is 1290. The molecule has 0 saturated carbocycles. The molecule has 1 amide bonds. The maximum absolute atomic E-state index is 12.5. The van der Waals surface area contributed by atoms with E-state index in [-0.39, 0.29) is 18.5 Å². The lowest BCUT2D eigenvalue weighted by Gasteiger charge is -2.22. The number of esters is 1. The number of carbonyl (C=O) groups is 2. The molecule has 0 fully saturated rings. The Hall–Kier alpha value is -2.18. The van der Waals surface area contributed by atoms with Gasteiger partial charge in [0.05, 0.1) is 25.4 Å². The molecule has 77 heavy (non-hydrogen) atoms. The van der Waals surface area contributed by atoms with E-state index < -0.39 is 12.1 Å². The van der Waals surface area contributed by atoms with E-state index >= 15 is 0 Å². The van der Waals surface area contributed by atoms with Crippen molar-refractivity contribution in [2.24, 2.45) is 0 Å². The highest BCUT2D eigenvalue weighted by atomic mass is 16.5. The SMILES string of the molecule is CCCCCC/C=C\C/C=C\CCCCCCCC(=O)OCCCCCCCCCCC/C=C\C/C=C\CCCCCCCCCC(=O)NC(CO)C(O)CCCCCCCCCCCCCCCCCCCCCCC. The van der Waals surface area contributed by atoms with E-state index in [1.807, 2.05) is 0 Å². The number of carbonyl (C=O) groups excluding carboxylic acids is 2. The average molecular weight is 1080 g/mol. The largest absolute Gasteiger partial charge is 0.466 e. The summed E-state index contributed by atoms with van der Waals surface area (Å²) >= 11 is 0. The number of rotatable bonds is 64. The predicted molar refractivity (Wildman–Crippen MR) is 338 cm³/mol. The van der Waals surface area contributed by atoms with Crippen molar-refractivity contribution < 1.29 is 24.5 Å². The van der Waals surface area contributed by atoms with Crippen molar-refractivity contribution in [1.82, 2.24) is 5.32 Å². The first-order chi connectivity index (χ1) is 38.0. The summed E-state index contributed by atoms with van der Waals surface area (Å²) < 4.78 is 5.48. The van der Waals surface area contributed by atoms with Gasteiger partial charge in [-0.25, -0.2) is 0 Å². The van der Waals surface area contributed by atoms with Crippen LogP contribution in [0.15, 0.2) is 48.6 Å². The second-order valence-corrected chi connectivity index (χ2v) is 23.5. The Kier molecular flexibility index (Phi) is 64.5. The predicted octanol–water partition coefficient (Wildman–Crippen LogP) is 22.1. The molecular weight excluding hydrogens is 947 g/mol. The Balaban J connectivity index is 3.46. The van der Waals surface area contributed by atoms with Gasteiger partial charge in [0.1, 0.15) is 0 Å². The third-order valence-corrected chi connectivity index (χ3v) is 15.9. The lowest BCUT2D eigenvalue weighted by atomic mass is 10.0. The molecule has 0 heterocycles. The van der Waals surface area contributed by atoms with Crippen molar-refractivity contribution in [2.45, 2.75) is 379 Å². The molecule has 0 spiro atoms. The van der Waals surface area contributed by atoms with Crippen molar-refractivity contribution in [3.8, 4) is 0 Å². The van der Waals surface area contributed by atoms with E-state index in [0.717, 1.165) is 64.2 Å². The topological polar surface area (TPSA) is 95.9 Å². The van der Waals surface area contributed by atoms with E-state index in [1.165, 1.54) is 270 Å². The summed E-state index contributed by atoms with van der Waals surface area (Å²) in [6.45, 7) is 4.94. The fourth-order valence-corrected chi connectivity index (χ4v) is 10.6. The zero-order valence-corrected chi connectivity index (χ0v) is 51.7. The van der Waals surface area contributed by atoms with Gasteiger partial charge in [0, 0.05) is 12.8 Å². The van der Waals surface area contributed by atoms with Crippen LogP contribution in [-0.4, -0.2) is 47.4 Å². The summed E-state index contributed by atoms with van der Waals surface area (Å²) in [4.78, 5) is 24.6. The van der Waals surface area contributed by atoms with Gasteiger partial charge in [0.2, 0.25) is 5.91 Å². The summed E-state index contributed by atoms with van der Waals surface area (Å²) in [6, 6.07) is -0.551. The number of nitrogens with one attached hydrogen (secondary N) is 1. The Morgan fingerprint density at radius 3 is 1.00 bits per heavy atom. The number of amides is 1. The van der Waals surface area contributed by atoms with Gasteiger partial charge in [0.15, 0.2) is 0 Å². The van der Waals surface area contributed by atoms with Gasteiger partial charge < -0.3 is 20.3 Å². The minimum atomic E-state index is -0.673. The number of aliphatic hydroxyl groups is 2. The Morgan fingerprint density at radius 2 is 0.649 bits per heavy atom. The lowest BCUT2D eigenvalue weighted by molar-refractivity contribution is -0.143. The van der Waals surface area contributed by atoms with Gasteiger partial charge in [-0.1, -0.05) is 313 Å². The van der Waals surface area contributed by atoms with Crippen molar-refractivity contribution >= 4 is 11.9 Å². The first kappa shape index (κ1) is 74.8. The molecule has 6 nitrogen and oxygen atoms in total. The van der Waals surface area contributed by atoms with Crippen LogP contribution in [0.3, 0.4) is 0 Å². The summed E-state index contributed by atoms with van der Waals surface area (Å²) in [7, 11) is 0. The van der Waals surface area contributed by atoms with Gasteiger partial charge in [-0.15, -0.1) is 0 Å². The van der Waals surface area contributed by atoms with E-state index in [1.54, 1.807) is 0 Å². The van der Waals surface area contributed by atoms with Crippen LogP contribution in [0, 0.1) is 0 Å². The molecule has 0 aliphatic heterocycles. The standard InChI is InChI=1S/C71H133NO5/c1-3-5-7-9-11-13-15-17-19-21-22-26-29-32-35-39-43-47-51-55-59-63-69(74)68(67-73)72-70(75)64-60-56-52-48-44-40-36-33-30-27-24-23-25-28-31-34-38-42-46-50-54-58-62-66-77-71(76)65-61-57-53-49-45-41-37-20-18-16-14-12-10-8-6-4-2/h14,16,20,23,25,27,30,37,68-69,73-74H,3-13,15,17-19,21-22,24,26,28-29,31-36,38-67H2,1-2H3,(H,72,75)/b16-14-,25-23-,30-27-,37-20-. The van der Waals surface area contributed by atoms with Gasteiger partial charge in [-0.05, 0) is 89.9 Å². The van der Waals surface area contributed by atoms with Crippen LogP contribution in [0.5, 0.6) is 0 Å². The number of aliphatic hydroxyl groups excluding tert-OH is 2. The highest BCUT2D eigenvalue weighted by molar-refractivity contribution is 5.76. The highest BCUT2D eigenvalue weighted by Gasteiger charge is 2.20. The molecule has 2 atom stereocenters. The monoisotopic (exact) mass is 1080 g/mol. The van der Waals surface area contributed by atoms with Crippen LogP contribution in [-0.2, 0) is 14.3 Å². The highest BCUT2D eigenvalue weighted by Crippen LogP contribution is 2.18. The fourth-order valence-electron chi connectivity index (χ4n) is 10.6. The van der Waals surface area contributed by atoms with Crippen molar-refractivity contribution in [1.29, 1.82) is 0 Å². The summed E-state index contributed by atoms with van der Waals surface area (Å²) in [5.41, 5.74) is 0. The fraction of sp³-hybridized carbons (Fsp3) is 0.859.